The topological polar surface area (TPSA) is 35.5 Å². The predicted octanol–water partition coefficient (Wildman–Crippen LogP) is 3.05. The third kappa shape index (κ3) is 4.56. The molecule has 0 bridgehead atoms. The van der Waals surface area contributed by atoms with Crippen molar-refractivity contribution in [1.29, 1.82) is 0 Å². The molecule has 0 N–H and O–H groups in total. The summed E-state index contributed by atoms with van der Waals surface area (Å²) in [5.74, 6) is -0.458. The van der Waals surface area contributed by atoms with E-state index in [4.69, 9.17) is 11.6 Å². The molecule has 0 radical (unpaired) electrons. The van der Waals surface area contributed by atoms with Crippen molar-refractivity contribution in [2.24, 2.45) is 0 Å². The Morgan fingerprint density at radius 3 is 2.76 bits per heavy atom. The maximum atomic E-state index is 12.0. The van der Waals surface area contributed by atoms with Gasteiger partial charge in [0.1, 0.15) is 5.75 Å². The fourth-order valence-electron chi connectivity index (χ4n) is 1.24. The third-order valence-electron chi connectivity index (χ3n) is 2.06. The standard InChI is InChI=1S/C11H11ClF2O3/c1-16-10(15)5-3-7-2-4-8(12)9(6-7)17-11(13)14/h2,4,6,11H,3,5H2,1H3. The Morgan fingerprint density at radius 1 is 1.47 bits per heavy atom. The van der Waals surface area contributed by atoms with Gasteiger partial charge in [0.05, 0.1) is 12.1 Å². The summed E-state index contributed by atoms with van der Waals surface area (Å²) >= 11 is 5.68. The Kier molecular flexibility index (Phi) is 5.15. The van der Waals surface area contributed by atoms with Crippen molar-refractivity contribution in [2.45, 2.75) is 19.5 Å². The monoisotopic (exact) mass is 264 g/mol. The molecule has 0 aliphatic heterocycles. The van der Waals surface area contributed by atoms with Crippen LogP contribution in [0.4, 0.5) is 8.78 Å². The van der Waals surface area contributed by atoms with Crippen LogP contribution in [0.5, 0.6) is 5.75 Å². The van der Waals surface area contributed by atoms with Crippen molar-refractivity contribution < 1.29 is 23.0 Å². The molecule has 0 spiro atoms. The van der Waals surface area contributed by atoms with Gasteiger partial charge in [0, 0.05) is 6.42 Å². The van der Waals surface area contributed by atoms with E-state index in [1.165, 1.54) is 19.2 Å². The number of hydrogen-bond acceptors (Lipinski definition) is 3. The summed E-state index contributed by atoms with van der Waals surface area (Å²) in [6.07, 6.45) is 0.551. The number of aryl methyl sites for hydroxylation is 1. The van der Waals surface area contributed by atoms with E-state index in [-0.39, 0.29) is 23.2 Å². The summed E-state index contributed by atoms with van der Waals surface area (Å²) in [6, 6.07) is 4.48. The fraction of sp³-hybridized carbons (Fsp3) is 0.364. The number of alkyl halides is 2. The Hall–Kier alpha value is -1.36. The second-order valence-corrected chi connectivity index (χ2v) is 3.63. The second kappa shape index (κ2) is 6.39. The third-order valence-corrected chi connectivity index (χ3v) is 2.37. The first kappa shape index (κ1) is 13.7. The van der Waals surface area contributed by atoms with Crippen LogP contribution in [-0.4, -0.2) is 19.7 Å². The van der Waals surface area contributed by atoms with Gasteiger partial charge in [-0.25, -0.2) is 0 Å². The van der Waals surface area contributed by atoms with Crippen LogP contribution in [0.15, 0.2) is 18.2 Å². The lowest BCUT2D eigenvalue weighted by Gasteiger charge is -2.08. The molecule has 1 rings (SSSR count). The van der Waals surface area contributed by atoms with Gasteiger partial charge in [-0.05, 0) is 24.1 Å². The number of benzene rings is 1. The molecule has 0 saturated carbocycles. The van der Waals surface area contributed by atoms with Gasteiger partial charge < -0.3 is 9.47 Å². The van der Waals surface area contributed by atoms with E-state index in [9.17, 15) is 13.6 Å². The number of carbonyl (C=O) groups excluding carboxylic acids is 1. The van der Waals surface area contributed by atoms with Crippen LogP contribution in [0.1, 0.15) is 12.0 Å². The molecule has 1 aromatic carbocycles. The van der Waals surface area contributed by atoms with Crippen LogP contribution in [0, 0.1) is 0 Å². The number of ether oxygens (including phenoxy) is 2. The molecule has 94 valence electrons. The molecular weight excluding hydrogens is 254 g/mol. The molecule has 0 aliphatic rings. The second-order valence-electron chi connectivity index (χ2n) is 3.22. The molecule has 17 heavy (non-hydrogen) atoms. The SMILES string of the molecule is COC(=O)CCc1ccc(Cl)c(OC(F)F)c1. The molecule has 0 fully saturated rings. The summed E-state index contributed by atoms with van der Waals surface area (Å²) in [5.41, 5.74) is 0.676. The maximum absolute atomic E-state index is 12.0. The zero-order valence-corrected chi connectivity index (χ0v) is 9.84. The molecule has 1 aromatic rings. The molecule has 6 heteroatoms. The highest BCUT2D eigenvalue weighted by atomic mass is 35.5. The minimum absolute atomic E-state index is 0.0935. The molecule has 0 aromatic heterocycles. The Morgan fingerprint density at radius 2 is 2.18 bits per heavy atom. The van der Waals surface area contributed by atoms with Gasteiger partial charge in [0.15, 0.2) is 0 Å². The van der Waals surface area contributed by atoms with Crippen molar-refractivity contribution in [2.75, 3.05) is 7.11 Å². The average molecular weight is 265 g/mol. The number of esters is 1. The first-order chi connectivity index (χ1) is 8.02. The molecular formula is C11H11ClF2O3. The highest BCUT2D eigenvalue weighted by molar-refractivity contribution is 6.32. The zero-order valence-electron chi connectivity index (χ0n) is 9.08. The minimum Gasteiger partial charge on any atom is -0.469 e. The number of methoxy groups -OCH3 is 1. The molecule has 0 aliphatic carbocycles. The molecule has 3 nitrogen and oxygen atoms in total. The minimum atomic E-state index is -2.93. The van der Waals surface area contributed by atoms with Gasteiger partial charge in [0.25, 0.3) is 0 Å². The van der Waals surface area contributed by atoms with Crippen molar-refractivity contribution in [3.63, 3.8) is 0 Å². The van der Waals surface area contributed by atoms with Gasteiger partial charge in [-0.15, -0.1) is 0 Å². The van der Waals surface area contributed by atoms with Crippen LogP contribution in [0.25, 0.3) is 0 Å². The van der Waals surface area contributed by atoms with E-state index >= 15 is 0 Å². The number of carbonyl (C=O) groups is 1. The van der Waals surface area contributed by atoms with Crippen LogP contribution in [0.2, 0.25) is 5.02 Å². The van der Waals surface area contributed by atoms with Gasteiger partial charge in [0.2, 0.25) is 0 Å². The van der Waals surface area contributed by atoms with Gasteiger partial charge >= 0.3 is 12.6 Å². The number of rotatable bonds is 5. The van der Waals surface area contributed by atoms with Crippen LogP contribution < -0.4 is 4.74 Å². The van der Waals surface area contributed by atoms with Crippen LogP contribution >= 0.6 is 11.6 Å². The van der Waals surface area contributed by atoms with E-state index in [0.717, 1.165) is 0 Å². The summed E-state index contributed by atoms with van der Waals surface area (Å²) < 4.78 is 32.8. The zero-order chi connectivity index (χ0) is 12.8. The van der Waals surface area contributed by atoms with E-state index in [1.807, 2.05) is 0 Å². The Labute approximate surface area is 102 Å². The number of halogens is 3. The van der Waals surface area contributed by atoms with E-state index in [1.54, 1.807) is 6.07 Å². The van der Waals surface area contributed by atoms with Crippen molar-refractivity contribution in [1.82, 2.24) is 0 Å². The molecule has 0 amide bonds. The van der Waals surface area contributed by atoms with Crippen molar-refractivity contribution in [3.05, 3.63) is 28.8 Å². The molecule has 0 saturated heterocycles. The molecule has 0 unspecified atom stereocenters. The lowest BCUT2D eigenvalue weighted by Crippen LogP contribution is -2.04. The number of hydrogen-bond donors (Lipinski definition) is 0. The van der Waals surface area contributed by atoms with Gasteiger partial charge in [-0.3, -0.25) is 4.79 Å². The van der Waals surface area contributed by atoms with Crippen molar-refractivity contribution >= 4 is 17.6 Å². The lowest BCUT2D eigenvalue weighted by molar-refractivity contribution is -0.140. The quantitative estimate of drug-likeness (QED) is 0.767. The predicted molar refractivity (Wildman–Crippen MR) is 58.4 cm³/mol. The summed E-state index contributed by atoms with van der Waals surface area (Å²) in [5, 5.41) is 0.104. The first-order valence-corrected chi connectivity index (χ1v) is 5.20. The average Bonchev–Trinajstić information content (AvgIpc) is 2.29. The normalized spacial score (nSPS) is 10.4. The Balaban J connectivity index is 2.71. The van der Waals surface area contributed by atoms with Crippen LogP contribution in [-0.2, 0) is 16.0 Å². The summed E-state index contributed by atoms with van der Waals surface area (Å²) in [4.78, 5) is 10.9. The molecule has 0 atom stereocenters. The molecule has 0 heterocycles. The Bertz CT molecular complexity index is 396. The van der Waals surface area contributed by atoms with Gasteiger partial charge in [-0.1, -0.05) is 17.7 Å². The summed E-state index contributed by atoms with van der Waals surface area (Å²) in [6.45, 7) is -2.93. The van der Waals surface area contributed by atoms with E-state index in [0.29, 0.717) is 12.0 Å². The van der Waals surface area contributed by atoms with E-state index in [2.05, 4.69) is 9.47 Å². The first-order valence-electron chi connectivity index (χ1n) is 4.83. The lowest BCUT2D eigenvalue weighted by atomic mass is 10.1. The smallest absolute Gasteiger partial charge is 0.387 e. The van der Waals surface area contributed by atoms with Crippen LogP contribution in [0.3, 0.4) is 0 Å². The summed E-state index contributed by atoms with van der Waals surface area (Å²) in [7, 11) is 1.29. The maximum Gasteiger partial charge on any atom is 0.387 e. The van der Waals surface area contributed by atoms with E-state index < -0.39 is 6.61 Å². The highest BCUT2D eigenvalue weighted by Gasteiger charge is 2.10. The largest absolute Gasteiger partial charge is 0.469 e. The van der Waals surface area contributed by atoms with Crippen molar-refractivity contribution in [3.8, 4) is 5.75 Å². The fourth-order valence-corrected chi connectivity index (χ4v) is 1.40. The highest BCUT2D eigenvalue weighted by Crippen LogP contribution is 2.27. The van der Waals surface area contributed by atoms with Gasteiger partial charge in [-0.2, -0.15) is 8.78 Å².